The molecule has 1 aliphatic rings. The summed E-state index contributed by atoms with van der Waals surface area (Å²) in [6.45, 7) is 12.6. The van der Waals surface area contributed by atoms with Crippen molar-refractivity contribution in [2.24, 2.45) is 11.8 Å². The van der Waals surface area contributed by atoms with Crippen LogP contribution in [-0.2, 0) is 0 Å². The first-order valence-corrected chi connectivity index (χ1v) is 9.30. The van der Waals surface area contributed by atoms with Gasteiger partial charge in [0.1, 0.15) is 0 Å². The molecule has 24 heavy (non-hydrogen) atoms. The highest BCUT2D eigenvalue weighted by Crippen LogP contribution is 2.29. The first kappa shape index (κ1) is 20.0. The van der Waals surface area contributed by atoms with E-state index >= 15 is 0 Å². The predicted octanol–water partition coefficient (Wildman–Crippen LogP) is 7.63. The molecule has 2 atom stereocenters. The molecule has 1 aliphatic carbocycles. The molecule has 0 heteroatoms. The molecule has 128 valence electrons. The van der Waals surface area contributed by atoms with Crippen LogP contribution >= 0.6 is 0 Å². The molecule has 0 aromatic heterocycles. The lowest BCUT2D eigenvalue weighted by molar-refractivity contribution is 0.554. The van der Waals surface area contributed by atoms with Crippen LogP contribution in [-0.4, -0.2) is 0 Å². The quantitative estimate of drug-likeness (QED) is 0.533. The fourth-order valence-corrected chi connectivity index (χ4v) is 2.60. The second-order valence-corrected chi connectivity index (χ2v) is 5.64. The van der Waals surface area contributed by atoms with Crippen LogP contribution in [0.4, 0.5) is 0 Å². The summed E-state index contributed by atoms with van der Waals surface area (Å²) in [5, 5.41) is 0. The molecular weight excluding hydrogens is 288 g/mol. The van der Waals surface area contributed by atoms with Crippen LogP contribution in [0, 0.1) is 11.8 Å². The van der Waals surface area contributed by atoms with Crippen LogP contribution in [0.2, 0.25) is 0 Å². The number of hydrogen-bond acceptors (Lipinski definition) is 0. The van der Waals surface area contributed by atoms with Gasteiger partial charge in [0.15, 0.2) is 0 Å². The maximum absolute atomic E-state index is 2.38. The minimum atomic E-state index is 0.615. The van der Waals surface area contributed by atoms with E-state index < -0.39 is 0 Å². The molecule has 0 aliphatic heterocycles. The second-order valence-electron chi connectivity index (χ2n) is 5.64. The molecule has 0 spiro atoms. The standard InChI is InChI=1S/C20H20.2C2H6/c1-15-8-9-20(14-16(15)2)19-12-10-18(11-13-19)17-6-4-3-5-7-17;2*1-2/h3-16H,1-2H3;2*1-2H3. The minimum absolute atomic E-state index is 0.615. The van der Waals surface area contributed by atoms with E-state index in [0.29, 0.717) is 11.8 Å². The average Bonchev–Trinajstić information content (AvgIpc) is 2.68. The zero-order chi connectivity index (χ0) is 17.9. The van der Waals surface area contributed by atoms with Gasteiger partial charge in [0, 0.05) is 0 Å². The monoisotopic (exact) mass is 320 g/mol. The van der Waals surface area contributed by atoms with Crippen molar-refractivity contribution in [3.63, 3.8) is 0 Å². The van der Waals surface area contributed by atoms with Gasteiger partial charge in [-0.25, -0.2) is 0 Å². The summed E-state index contributed by atoms with van der Waals surface area (Å²) < 4.78 is 0. The zero-order valence-electron chi connectivity index (χ0n) is 16.1. The van der Waals surface area contributed by atoms with Gasteiger partial charge in [0.05, 0.1) is 0 Å². The zero-order valence-corrected chi connectivity index (χ0v) is 16.1. The highest BCUT2D eigenvalue weighted by molar-refractivity contribution is 5.77. The first-order valence-electron chi connectivity index (χ1n) is 9.30. The Balaban J connectivity index is 0.000000671. The molecule has 0 saturated carbocycles. The largest absolute Gasteiger partial charge is 0.0805 e. The fraction of sp³-hybridized carbons (Fsp3) is 0.333. The highest BCUT2D eigenvalue weighted by Gasteiger charge is 2.12. The van der Waals surface area contributed by atoms with Crippen molar-refractivity contribution in [3.8, 4) is 11.1 Å². The van der Waals surface area contributed by atoms with Gasteiger partial charge in [-0.2, -0.15) is 0 Å². The summed E-state index contributed by atoms with van der Waals surface area (Å²) >= 11 is 0. The lowest BCUT2D eigenvalue weighted by Crippen LogP contribution is -2.06. The molecule has 0 nitrogen and oxygen atoms in total. The fourth-order valence-electron chi connectivity index (χ4n) is 2.60. The summed E-state index contributed by atoms with van der Waals surface area (Å²) in [7, 11) is 0. The lowest BCUT2D eigenvalue weighted by Gasteiger charge is -2.19. The number of benzene rings is 2. The summed E-state index contributed by atoms with van der Waals surface area (Å²) in [5.41, 5.74) is 5.19. The molecule has 3 rings (SSSR count). The van der Waals surface area contributed by atoms with Crippen molar-refractivity contribution in [2.45, 2.75) is 41.5 Å². The molecule has 2 aromatic rings. The van der Waals surface area contributed by atoms with Crippen LogP contribution in [0.5, 0.6) is 0 Å². The topological polar surface area (TPSA) is 0 Å². The van der Waals surface area contributed by atoms with E-state index in [1.807, 2.05) is 27.7 Å². The molecule has 2 aromatic carbocycles. The van der Waals surface area contributed by atoms with Crippen LogP contribution in [0.25, 0.3) is 16.7 Å². The van der Waals surface area contributed by atoms with Gasteiger partial charge in [-0.15, -0.1) is 0 Å². The van der Waals surface area contributed by atoms with Gasteiger partial charge in [-0.05, 0) is 34.1 Å². The van der Waals surface area contributed by atoms with Crippen LogP contribution in [0.1, 0.15) is 47.1 Å². The molecule has 0 radical (unpaired) electrons. The molecular formula is C24H32. The smallest absolute Gasteiger partial charge is 0.0184 e. The van der Waals surface area contributed by atoms with Crippen molar-refractivity contribution in [3.05, 3.63) is 78.4 Å². The van der Waals surface area contributed by atoms with Crippen molar-refractivity contribution in [2.75, 3.05) is 0 Å². The highest BCUT2D eigenvalue weighted by atomic mass is 14.2. The van der Waals surface area contributed by atoms with E-state index in [9.17, 15) is 0 Å². The Morgan fingerprint density at radius 2 is 1.08 bits per heavy atom. The Bertz CT molecular complexity index is 629. The second kappa shape index (κ2) is 10.6. The van der Waals surface area contributed by atoms with Crippen LogP contribution in [0.3, 0.4) is 0 Å². The summed E-state index contributed by atoms with van der Waals surface area (Å²) in [5.74, 6) is 1.26. The minimum Gasteiger partial charge on any atom is -0.0805 e. The molecule has 0 amide bonds. The maximum Gasteiger partial charge on any atom is -0.0184 e. The van der Waals surface area contributed by atoms with Gasteiger partial charge in [0.25, 0.3) is 0 Å². The first-order chi connectivity index (χ1) is 11.7. The molecule has 0 heterocycles. The summed E-state index contributed by atoms with van der Waals surface area (Å²) in [4.78, 5) is 0. The Morgan fingerprint density at radius 3 is 1.62 bits per heavy atom. The Morgan fingerprint density at radius 1 is 0.583 bits per heavy atom. The Hall–Kier alpha value is -2.08. The average molecular weight is 321 g/mol. The van der Waals surface area contributed by atoms with Gasteiger partial charge < -0.3 is 0 Å². The van der Waals surface area contributed by atoms with E-state index in [4.69, 9.17) is 0 Å². The van der Waals surface area contributed by atoms with Gasteiger partial charge in [0.2, 0.25) is 0 Å². The normalized spacial score (nSPS) is 18.5. The van der Waals surface area contributed by atoms with E-state index in [1.54, 1.807) is 0 Å². The Labute approximate surface area is 148 Å². The molecule has 0 N–H and O–H groups in total. The molecule has 0 bridgehead atoms. The Kier molecular flexibility index (Phi) is 8.86. The third-order valence-corrected chi connectivity index (χ3v) is 4.18. The van der Waals surface area contributed by atoms with Gasteiger partial charge in [-0.1, -0.05) is 114 Å². The van der Waals surface area contributed by atoms with E-state index in [0.717, 1.165) is 0 Å². The summed E-state index contributed by atoms with van der Waals surface area (Å²) in [6.07, 6.45) is 6.94. The van der Waals surface area contributed by atoms with Gasteiger partial charge in [-0.3, -0.25) is 0 Å². The molecule has 0 fully saturated rings. The van der Waals surface area contributed by atoms with E-state index in [-0.39, 0.29) is 0 Å². The van der Waals surface area contributed by atoms with Gasteiger partial charge >= 0.3 is 0 Å². The summed E-state index contributed by atoms with van der Waals surface area (Å²) in [6, 6.07) is 19.4. The van der Waals surface area contributed by atoms with Crippen molar-refractivity contribution in [1.29, 1.82) is 0 Å². The number of rotatable bonds is 2. The predicted molar refractivity (Wildman–Crippen MR) is 110 cm³/mol. The van der Waals surface area contributed by atoms with Crippen molar-refractivity contribution >= 4 is 5.57 Å². The number of hydrogen-bond donors (Lipinski definition) is 0. The SMILES string of the molecule is CC.CC.CC1C=CC(c2ccc(-c3ccccc3)cc2)=CC1C. The lowest BCUT2D eigenvalue weighted by atomic mass is 9.86. The number of allylic oxidation sites excluding steroid dienone is 4. The molecule has 2 unspecified atom stereocenters. The van der Waals surface area contributed by atoms with Crippen LogP contribution < -0.4 is 0 Å². The van der Waals surface area contributed by atoms with Crippen molar-refractivity contribution < 1.29 is 0 Å². The van der Waals surface area contributed by atoms with E-state index in [1.165, 1.54) is 22.3 Å². The van der Waals surface area contributed by atoms with Crippen LogP contribution in [0.15, 0.2) is 72.8 Å². The molecule has 0 saturated heterocycles. The third-order valence-electron chi connectivity index (χ3n) is 4.18. The van der Waals surface area contributed by atoms with E-state index in [2.05, 4.69) is 86.7 Å². The third kappa shape index (κ3) is 5.23. The maximum atomic E-state index is 2.38. The van der Waals surface area contributed by atoms with Crippen molar-refractivity contribution in [1.82, 2.24) is 0 Å².